The van der Waals surface area contributed by atoms with Gasteiger partial charge in [0.25, 0.3) is 0 Å². The van der Waals surface area contributed by atoms with Gasteiger partial charge in [-0.15, -0.1) is 0 Å². The van der Waals surface area contributed by atoms with Gasteiger partial charge in [0.1, 0.15) is 42.2 Å². The number of carboxylic acids is 1. The number of methoxy groups -OCH3 is 2. The van der Waals surface area contributed by atoms with Crippen LogP contribution in [0, 0.1) is 36.4 Å². The zero-order valence-electron chi connectivity index (χ0n) is 72.4. The molecule has 10 unspecified atom stereocenters. The number of nitrogens with one attached hydrogen (secondary N) is 9. The van der Waals surface area contributed by atoms with Crippen LogP contribution in [0.4, 0.5) is 14.9 Å². The van der Waals surface area contributed by atoms with Crippen molar-refractivity contribution in [3.8, 4) is 5.75 Å². The van der Waals surface area contributed by atoms with Gasteiger partial charge in [-0.2, -0.15) is 0 Å². The first-order valence-corrected chi connectivity index (χ1v) is 42.7. The minimum atomic E-state index is -1.45. The van der Waals surface area contributed by atoms with E-state index in [0.717, 1.165) is 51.2 Å². The Morgan fingerprint density at radius 1 is 0.772 bits per heavy atom. The Morgan fingerprint density at radius 3 is 2.18 bits per heavy atom. The number of fused-ring (bicyclic) bond motifs is 1. The molecule has 9 amide bonds. The number of aromatic amines is 1. The van der Waals surface area contributed by atoms with Gasteiger partial charge in [-0.25, -0.2) is 19.0 Å². The number of likely N-dealkylation sites (tertiary alicyclic amines) is 2. The van der Waals surface area contributed by atoms with Crippen molar-refractivity contribution >= 4 is 98.8 Å². The molecule has 4 aliphatic heterocycles. The number of aliphatic carboxylic acids is 1. The molecule has 0 bridgehead atoms. The molecule has 0 aliphatic carbocycles. The third-order valence-corrected chi connectivity index (χ3v) is 23.1. The van der Waals surface area contributed by atoms with Crippen LogP contribution in [-0.2, 0) is 79.9 Å². The number of carbonyl (C=O) groups is 10. The van der Waals surface area contributed by atoms with E-state index in [2.05, 4.69) is 52.4 Å². The SMILES string of the molecule is CCC(C)C(C(CC(=O)N1CCC[C@H]1[C@H](OC)C(C)C(=O)NCCc1ccccc1)OC)N(C)C(=O)CNC(=O)C(C(C)C)N(C)C(=O)OCc1ccc(NC(=O)CNC(=O)C(NC(=O)CCOCCC(=O)NCCNC2NC=C(c3cc(C)cc(F)c3)C(N3CCC(N)CC3)=C2c2nc3ccc(Cl)cc3[nH]2)C(C)C)c(OC2CC(O)CC(C(=O)O)O2)c1. The molecular formula is C88H123ClFN15O18. The fourth-order valence-corrected chi connectivity index (χ4v) is 16.3. The van der Waals surface area contributed by atoms with Gasteiger partial charge in [-0.3, -0.25) is 48.6 Å². The molecule has 3 fully saturated rings. The van der Waals surface area contributed by atoms with Crippen molar-refractivity contribution in [1.82, 2.24) is 66.8 Å². The fourth-order valence-electron chi connectivity index (χ4n) is 16.1. The van der Waals surface area contributed by atoms with Crippen LogP contribution in [0.1, 0.15) is 141 Å². The second kappa shape index (κ2) is 46.4. The molecule has 3 saturated heterocycles. The van der Waals surface area contributed by atoms with Crippen LogP contribution in [0.5, 0.6) is 5.75 Å². The number of ether oxygens (including phenoxy) is 6. The topological polar surface area (TPSA) is 430 Å². The number of H-pyrrole nitrogens is 1. The number of allylic oxidation sites excluding steroid dienone is 1. The largest absolute Gasteiger partial charge is 0.479 e. The van der Waals surface area contributed by atoms with Crippen LogP contribution in [0.3, 0.4) is 0 Å². The van der Waals surface area contributed by atoms with E-state index in [4.69, 9.17) is 50.7 Å². The number of imidazole rings is 1. The van der Waals surface area contributed by atoms with Crippen LogP contribution in [0.15, 0.2) is 96.8 Å². The number of amides is 9. The summed E-state index contributed by atoms with van der Waals surface area (Å²) in [7, 11) is 5.97. The molecule has 5 heterocycles. The number of rotatable bonds is 43. The third kappa shape index (κ3) is 27.1. The van der Waals surface area contributed by atoms with Gasteiger partial charge in [0.2, 0.25) is 53.5 Å². The molecule has 0 spiro atoms. The van der Waals surface area contributed by atoms with Crippen molar-refractivity contribution < 1.29 is 91.0 Å². The zero-order chi connectivity index (χ0) is 89.3. The Hall–Kier alpha value is -10.3. The summed E-state index contributed by atoms with van der Waals surface area (Å²) in [6, 6.07) is 21.2. The lowest BCUT2D eigenvalue weighted by atomic mass is 9.90. The fraction of sp³-hybridized carbons (Fsp3) is 0.557. The van der Waals surface area contributed by atoms with E-state index in [1.807, 2.05) is 69.4 Å². The van der Waals surface area contributed by atoms with Crippen molar-refractivity contribution in [2.24, 2.45) is 29.4 Å². The maximum Gasteiger partial charge on any atom is 0.410 e. The van der Waals surface area contributed by atoms with Gasteiger partial charge in [0, 0.05) is 116 Å². The van der Waals surface area contributed by atoms with Gasteiger partial charge < -0.3 is 101 Å². The smallest absolute Gasteiger partial charge is 0.410 e. The third-order valence-electron chi connectivity index (χ3n) is 22.9. The number of likely N-dealkylation sites (N-methyl/N-ethyl adjacent to an activating group) is 2. The maximum absolute atomic E-state index is 15.1. The summed E-state index contributed by atoms with van der Waals surface area (Å²) in [5, 5.41) is 44.5. The summed E-state index contributed by atoms with van der Waals surface area (Å²) >= 11 is 6.41. The number of aryl methyl sites for hydroxylation is 1. The average molecular weight is 1730 g/mol. The number of aliphatic hydroxyl groups is 1. The molecule has 9 rings (SSSR count). The first kappa shape index (κ1) is 96.5. The number of hydrogen-bond acceptors (Lipinski definition) is 22. The van der Waals surface area contributed by atoms with Crippen molar-refractivity contribution in [2.75, 3.05) is 99.2 Å². The van der Waals surface area contributed by atoms with Gasteiger partial charge >= 0.3 is 12.1 Å². The van der Waals surface area contributed by atoms with E-state index in [0.29, 0.717) is 80.3 Å². The predicted molar refractivity (Wildman–Crippen MR) is 460 cm³/mol. The van der Waals surface area contributed by atoms with Gasteiger partial charge in [-0.1, -0.05) is 109 Å². The normalized spacial score (nSPS) is 19.2. The van der Waals surface area contributed by atoms with Gasteiger partial charge in [0.15, 0.2) is 6.10 Å². The van der Waals surface area contributed by atoms with Crippen molar-refractivity contribution in [3.63, 3.8) is 0 Å². The predicted octanol–water partition coefficient (Wildman–Crippen LogP) is 6.48. The highest BCUT2D eigenvalue weighted by molar-refractivity contribution is 6.31. The first-order chi connectivity index (χ1) is 58.7. The van der Waals surface area contributed by atoms with E-state index >= 15 is 4.39 Å². The molecule has 0 saturated carbocycles. The number of anilines is 1. The average Bonchev–Trinajstić information content (AvgIpc) is 1.73. The number of benzene rings is 4. The number of carboxylic acid groups (broad SMARTS) is 1. The molecule has 123 heavy (non-hydrogen) atoms. The van der Waals surface area contributed by atoms with Gasteiger partial charge in [0.05, 0.1) is 97.0 Å². The highest BCUT2D eigenvalue weighted by Gasteiger charge is 2.44. The number of hydrogen-bond donors (Lipinski definition) is 12. The van der Waals surface area contributed by atoms with Crippen LogP contribution in [0.25, 0.3) is 22.2 Å². The number of aliphatic hydroxyl groups excluding tert-OH is 1. The minimum Gasteiger partial charge on any atom is -0.479 e. The molecule has 33 nitrogen and oxygen atoms in total. The van der Waals surface area contributed by atoms with Crippen LogP contribution >= 0.6 is 11.6 Å². The number of piperidine rings is 1. The Bertz CT molecular complexity index is 4510. The lowest BCUT2D eigenvalue weighted by Gasteiger charge is -2.40. The first-order valence-electron chi connectivity index (χ1n) is 42.3. The molecular weight excluding hydrogens is 1610 g/mol. The van der Waals surface area contributed by atoms with Crippen LogP contribution in [0.2, 0.25) is 5.02 Å². The van der Waals surface area contributed by atoms with Crippen molar-refractivity contribution in [3.05, 3.63) is 136 Å². The molecule has 672 valence electrons. The summed E-state index contributed by atoms with van der Waals surface area (Å²) in [5.41, 5.74) is 13.1. The molecule has 1 aromatic heterocycles. The highest BCUT2D eigenvalue weighted by Crippen LogP contribution is 2.40. The number of nitrogens with zero attached hydrogens (tertiary/aromatic N) is 5. The van der Waals surface area contributed by atoms with Crippen molar-refractivity contribution in [1.29, 1.82) is 0 Å². The summed E-state index contributed by atoms with van der Waals surface area (Å²) in [6.45, 7) is 15.5. The number of dihydropyridines is 1. The Labute approximate surface area is 722 Å². The van der Waals surface area contributed by atoms with Gasteiger partial charge in [-0.05, 0) is 121 Å². The minimum absolute atomic E-state index is 0.000366. The highest BCUT2D eigenvalue weighted by atomic mass is 35.5. The second-order valence-electron chi connectivity index (χ2n) is 32.7. The molecule has 5 aromatic rings. The van der Waals surface area contributed by atoms with E-state index in [9.17, 15) is 58.2 Å². The number of halogens is 2. The summed E-state index contributed by atoms with van der Waals surface area (Å²) in [5.74, 6) is -6.82. The molecule has 35 heteroatoms. The monoisotopic (exact) mass is 1730 g/mol. The van der Waals surface area contributed by atoms with E-state index in [1.165, 1.54) is 49.4 Å². The Balaban J connectivity index is 0.735. The molecule has 12 atom stereocenters. The number of carbonyl (C=O) groups excluding carboxylic acids is 9. The molecule has 0 radical (unpaired) electrons. The lowest BCUT2D eigenvalue weighted by molar-refractivity contribution is -0.195. The van der Waals surface area contributed by atoms with Crippen LogP contribution < -0.4 is 53.0 Å². The maximum atomic E-state index is 15.1. The Morgan fingerprint density at radius 2 is 1.50 bits per heavy atom. The standard InChI is InChI=1S/C88H123ClFN15O18/c1-13-53(7)79(68(118-11)45-73(110)105-33-17-20-66(105)81(119-12)54(8)84(112)94-30-25-55-18-15-14-16-19-55)102(9)74(111)48-97-86(114)78(51(4)5)103(10)88(117)121-49-56-21-23-64(67(40-56)122-75-44-61(106)43-69(123-75)87(115)116)98-72(109)47-96-85(113)77(50(2)3)101-71(108)29-37-120-36-28-70(107)92-31-32-93-82-76(83-99-63-24-22-58(89)42-65(63)100-83)80(104-34-26-60(91)27-35-104)62(46-95-82)57-38-52(6)39-59(90)41-57/h14-16,18-19,21-24,38-42,46,50-51,53-54,60-61,66,68-69,75,77-79,81-82,93,95,106H,13,17,20,25-37,43-45,47-49,91H2,1-12H3,(H,92,107)(H,94,112)(H,96,113)(H,97,114)(H,98,109)(H,99,100)(H,101,108)(H,115,116)/t53?,54?,61?,66-,68?,69?,75?,77?,78?,79?,81+,82?/m0/s1. The summed E-state index contributed by atoms with van der Waals surface area (Å²) in [4.78, 5) is 151. The Kier molecular flexibility index (Phi) is 36.4. The van der Waals surface area contributed by atoms with Crippen LogP contribution in [-0.4, -0.2) is 260 Å². The van der Waals surface area contributed by atoms with E-state index in [-0.39, 0.29) is 110 Å². The van der Waals surface area contributed by atoms with E-state index in [1.54, 1.807) is 65.8 Å². The quantitative estimate of drug-likeness (QED) is 0.0186. The number of aromatic nitrogens is 2. The molecule has 13 N–H and O–H groups in total. The van der Waals surface area contributed by atoms with E-state index < -0.39 is 134 Å². The lowest BCUT2D eigenvalue weighted by Crippen LogP contribution is -2.55. The van der Waals surface area contributed by atoms with Crippen molar-refractivity contribution in [2.45, 2.75) is 200 Å². The molecule has 4 aliphatic rings. The summed E-state index contributed by atoms with van der Waals surface area (Å²) < 4.78 is 50.2. The molecule has 4 aromatic carbocycles. The number of nitrogens with two attached hydrogens (primary N) is 1. The second-order valence-corrected chi connectivity index (χ2v) is 33.1. The zero-order valence-corrected chi connectivity index (χ0v) is 73.1. The summed E-state index contributed by atoms with van der Waals surface area (Å²) in [6.07, 6.45) is -1.47.